The number of anilines is 2. The largest absolute Gasteiger partial charge is 0.368 e. The Morgan fingerprint density at radius 1 is 0.697 bits per heavy atom. The van der Waals surface area contributed by atoms with E-state index in [-0.39, 0.29) is 11.8 Å². The molecule has 3 aromatic rings. The van der Waals surface area contributed by atoms with Gasteiger partial charge in [0.25, 0.3) is 11.8 Å². The molecule has 6 heteroatoms. The van der Waals surface area contributed by atoms with E-state index in [0.29, 0.717) is 35.1 Å². The van der Waals surface area contributed by atoms with Crippen molar-refractivity contribution in [2.24, 2.45) is 0 Å². The van der Waals surface area contributed by atoms with Gasteiger partial charge in [0.15, 0.2) is 0 Å². The van der Waals surface area contributed by atoms with E-state index in [0.717, 1.165) is 18.7 Å². The van der Waals surface area contributed by atoms with Crippen LogP contribution in [-0.4, -0.2) is 42.9 Å². The smallest absolute Gasteiger partial charge is 0.282 e. The molecule has 33 heavy (non-hydrogen) atoms. The Bertz CT molecular complexity index is 1230. The zero-order chi connectivity index (χ0) is 22.9. The number of rotatable bonds is 4. The molecule has 0 unspecified atom stereocenters. The van der Waals surface area contributed by atoms with Crippen molar-refractivity contribution in [3.63, 3.8) is 0 Å². The molecule has 0 saturated carbocycles. The minimum absolute atomic E-state index is 0.287. The monoisotopic (exact) mass is 457 g/mol. The highest BCUT2D eigenvalue weighted by Gasteiger charge is 2.43. The van der Waals surface area contributed by atoms with Crippen LogP contribution in [-0.2, 0) is 9.59 Å². The maximum atomic E-state index is 13.6. The highest BCUT2D eigenvalue weighted by molar-refractivity contribution is 6.45. The van der Waals surface area contributed by atoms with Crippen LogP contribution in [0.3, 0.4) is 0 Å². The van der Waals surface area contributed by atoms with E-state index in [1.165, 1.54) is 16.2 Å². The van der Waals surface area contributed by atoms with Gasteiger partial charge < -0.3 is 9.80 Å². The first-order valence-electron chi connectivity index (χ1n) is 11.0. The number of hydrogen-bond donors (Lipinski definition) is 0. The van der Waals surface area contributed by atoms with E-state index >= 15 is 0 Å². The third-order valence-corrected chi connectivity index (χ3v) is 6.42. The molecule has 0 aromatic heterocycles. The summed E-state index contributed by atoms with van der Waals surface area (Å²) < 4.78 is 0. The summed E-state index contributed by atoms with van der Waals surface area (Å²) in [5.41, 5.74) is 4.62. The van der Waals surface area contributed by atoms with Gasteiger partial charge in [0.05, 0.1) is 11.3 Å². The maximum absolute atomic E-state index is 13.6. The van der Waals surface area contributed by atoms with Gasteiger partial charge >= 0.3 is 0 Å². The molecule has 0 atom stereocenters. The molecule has 2 aliphatic rings. The summed E-state index contributed by atoms with van der Waals surface area (Å²) in [6.45, 7) is 4.96. The van der Waals surface area contributed by atoms with Crippen LogP contribution in [0.2, 0.25) is 5.02 Å². The van der Waals surface area contributed by atoms with Crippen LogP contribution in [0.25, 0.3) is 5.57 Å². The first-order valence-corrected chi connectivity index (χ1v) is 11.4. The first-order chi connectivity index (χ1) is 16.0. The van der Waals surface area contributed by atoms with Crippen LogP contribution in [0.15, 0.2) is 84.6 Å². The number of amides is 2. The van der Waals surface area contributed by atoms with E-state index in [1.54, 1.807) is 24.3 Å². The predicted octanol–water partition coefficient (Wildman–Crippen LogP) is 4.76. The maximum Gasteiger partial charge on any atom is 0.282 e. The van der Waals surface area contributed by atoms with Crippen molar-refractivity contribution in [3.8, 4) is 0 Å². The van der Waals surface area contributed by atoms with E-state index in [2.05, 4.69) is 41.0 Å². The lowest BCUT2D eigenvalue weighted by atomic mass is 10.0. The average molecular weight is 458 g/mol. The molecule has 0 bridgehead atoms. The number of imide groups is 1. The summed E-state index contributed by atoms with van der Waals surface area (Å²) in [6.07, 6.45) is 0. The van der Waals surface area contributed by atoms with Crippen molar-refractivity contribution in [2.45, 2.75) is 6.92 Å². The van der Waals surface area contributed by atoms with Gasteiger partial charge in [-0.3, -0.25) is 9.59 Å². The van der Waals surface area contributed by atoms with Crippen LogP contribution in [0.4, 0.5) is 11.4 Å². The molecule has 0 spiro atoms. The van der Waals surface area contributed by atoms with Crippen molar-refractivity contribution in [2.75, 3.05) is 36.0 Å². The number of nitrogens with zero attached hydrogens (tertiary/aromatic N) is 3. The van der Waals surface area contributed by atoms with Gasteiger partial charge in [-0.05, 0) is 54.4 Å². The number of aryl methyl sites for hydroxylation is 1. The topological polar surface area (TPSA) is 43.9 Å². The fraction of sp³-hybridized carbons (Fsp3) is 0.185. The van der Waals surface area contributed by atoms with E-state index in [4.69, 9.17) is 11.6 Å². The Balaban J connectivity index is 1.48. The zero-order valence-corrected chi connectivity index (χ0v) is 19.1. The molecule has 5 nitrogen and oxygen atoms in total. The second kappa shape index (κ2) is 8.75. The van der Waals surface area contributed by atoms with Crippen molar-refractivity contribution < 1.29 is 9.59 Å². The summed E-state index contributed by atoms with van der Waals surface area (Å²) >= 11 is 6.03. The van der Waals surface area contributed by atoms with E-state index < -0.39 is 0 Å². The summed E-state index contributed by atoms with van der Waals surface area (Å²) in [5.74, 6) is -0.588. The Morgan fingerprint density at radius 2 is 1.36 bits per heavy atom. The lowest BCUT2D eigenvalue weighted by Gasteiger charge is -2.37. The molecule has 2 heterocycles. The molecule has 0 radical (unpaired) electrons. The Hall–Kier alpha value is -3.57. The number of piperazine rings is 1. The summed E-state index contributed by atoms with van der Waals surface area (Å²) in [7, 11) is 0. The van der Waals surface area contributed by atoms with Crippen molar-refractivity contribution in [3.05, 3.63) is 101 Å². The van der Waals surface area contributed by atoms with Crippen LogP contribution in [0.5, 0.6) is 0 Å². The normalized spacial score (nSPS) is 16.7. The van der Waals surface area contributed by atoms with Gasteiger partial charge in [-0.15, -0.1) is 0 Å². The molecular formula is C27H24ClN3O2. The van der Waals surface area contributed by atoms with Crippen molar-refractivity contribution in [1.29, 1.82) is 0 Å². The van der Waals surface area contributed by atoms with Gasteiger partial charge in [-0.1, -0.05) is 54.1 Å². The summed E-state index contributed by atoms with van der Waals surface area (Å²) in [6, 6.07) is 24.7. The minimum atomic E-state index is -0.301. The molecule has 0 N–H and O–H groups in total. The van der Waals surface area contributed by atoms with Gasteiger partial charge in [0, 0.05) is 36.9 Å². The van der Waals surface area contributed by atoms with Crippen LogP contribution < -0.4 is 9.80 Å². The quantitative estimate of drug-likeness (QED) is 0.530. The lowest BCUT2D eigenvalue weighted by molar-refractivity contribution is -0.120. The van der Waals surface area contributed by atoms with Crippen LogP contribution >= 0.6 is 11.6 Å². The number of carbonyl (C=O) groups excluding carboxylic acids is 2. The molecule has 0 aliphatic carbocycles. The molecule has 3 aromatic carbocycles. The van der Waals surface area contributed by atoms with Gasteiger partial charge in [0.1, 0.15) is 5.70 Å². The predicted molar refractivity (Wildman–Crippen MR) is 132 cm³/mol. The lowest BCUT2D eigenvalue weighted by Crippen LogP contribution is -2.47. The molecular weight excluding hydrogens is 434 g/mol. The Labute approximate surface area is 198 Å². The average Bonchev–Trinajstić information content (AvgIpc) is 3.10. The van der Waals surface area contributed by atoms with Gasteiger partial charge in [-0.25, -0.2) is 4.90 Å². The molecule has 1 saturated heterocycles. The first kappa shape index (κ1) is 21.3. The zero-order valence-electron chi connectivity index (χ0n) is 18.4. The molecule has 2 aliphatic heterocycles. The second-order valence-corrected chi connectivity index (χ2v) is 8.76. The fourth-order valence-corrected chi connectivity index (χ4v) is 4.64. The molecule has 2 amide bonds. The van der Waals surface area contributed by atoms with E-state index in [1.807, 2.05) is 30.3 Å². The highest BCUT2D eigenvalue weighted by atomic mass is 35.5. The van der Waals surface area contributed by atoms with Gasteiger partial charge in [-0.2, -0.15) is 0 Å². The highest BCUT2D eigenvalue weighted by Crippen LogP contribution is 2.35. The van der Waals surface area contributed by atoms with Crippen LogP contribution in [0, 0.1) is 6.92 Å². The fourth-order valence-electron chi connectivity index (χ4n) is 4.51. The molecule has 1 fully saturated rings. The third kappa shape index (κ3) is 4.00. The minimum Gasteiger partial charge on any atom is -0.368 e. The number of hydrogen-bond acceptors (Lipinski definition) is 4. The number of halogens is 1. The third-order valence-electron chi connectivity index (χ3n) is 6.17. The van der Waals surface area contributed by atoms with E-state index in [9.17, 15) is 9.59 Å². The van der Waals surface area contributed by atoms with Crippen molar-refractivity contribution in [1.82, 2.24) is 4.90 Å². The Morgan fingerprint density at radius 3 is 2.03 bits per heavy atom. The molecule has 166 valence electrons. The number of carbonyl (C=O) groups is 2. The standard InChI is InChI=1S/C27H24ClN3O2/c1-19-6-5-9-23(18-19)29-14-16-30(17-15-29)25-24(20-7-3-2-4-8-20)26(32)31(27(25)33)22-12-10-21(28)11-13-22/h2-13,18H,14-17H2,1H3. The van der Waals surface area contributed by atoms with Crippen molar-refractivity contribution >= 4 is 40.4 Å². The SMILES string of the molecule is Cc1cccc(N2CCN(C3=C(c4ccccc4)C(=O)N(c4ccc(Cl)cc4)C3=O)CC2)c1. The number of benzene rings is 3. The van der Waals surface area contributed by atoms with Gasteiger partial charge in [0.2, 0.25) is 0 Å². The van der Waals surface area contributed by atoms with Crippen LogP contribution in [0.1, 0.15) is 11.1 Å². The Kier molecular flexibility index (Phi) is 5.65. The second-order valence-electron chi connectivity index (χ2n) is 8.32. The summed E-state index contributed by atoms with van der Waals surface area (Å²) in [5, 5.41) is 0.557. The summed E-state index contributed by atoms with van der Waals surface area (Å²) in [4.78, 5) is 32.8. The molecule has 5 rings (SSSR count).